The van der Waals surface area contributed by atoms with Crippen molar-refractivity contribution in [3.05, 3.63) is 0 Å². The molecule has 6 unspecified atom stereocenters. The lowest BCUT2D eigenvalue weighted by Crippen LogP contribution is -2.57. The second kappa shape index (κ2) is 10.6. The van der Waals surface area contributed by atoms with E-state index in [-0.39, 0.29) is 24.2 Å². The van der Waals surface area contributed by atoms with Crippen LogP contribution in [0.3, 0.4) is 0 Å². The molecule has 0 aromatic heterocycles. The predicted octanol–water partition coefficient (Wildman–Crippen LogP) is -0.250. The maximum Gasteiger partial charge on any atom is 0.220 e. The summed E-state index contributed by atoms with van der Waals surface area (Å²) in [5.74, 6) is 1.23. The number of hydrogen-bond donors (Lipinski definition) is 5. The van der Waals surface area contributed by atoms with Crippen molar-refractivity contribution < 1.29 is 9.63 Å². The molecule has 0 spiro atoms. The van der Waals surface area contributed by atoms with Gasteiger partial charge >= 0.3 is 0 Å². The summed E-state index contributed by atoms with van der Waals surface area (Å²) in [7, 11) is 0. The molecule has 5 heterocycles. The third-order valence-electron chi connectivity index (χ3n) is 8.59. The number of nitrogens with one attached hydrogen (secondary N) is 4. The Kier molecular flexibility index (Phi) is 7.63. The molecule has 0 saturated carbocycles. The highest BCUT2D eigenvalue weighted by Gasteiger charge is 2.42. The number of nitrogens with two attached hydrogens (primary N) is 1. The summed E-state index contributed by atoms with van der Waals surface area (Å²) < 4.78 is 0. The highest BCUT2D eigenvalue weighted by Crippen LogP contribution is 2.29. The Labute approximate surface area is 192 Å². The fraction of sp³-hybridized carbons (Fsp3) is 0.957. The van der Waals surface area contributed by atoms with Crippen LogP contribution in [0.15, 0.2) is 0 Å². The molecule has 32 heavy (non-hydrogen) atoms. The average Bonchev–Trinajstić information content (AvgIpc) is 3.49. The number of likely N-dealkylation sites (tertiary alicyclic amines) is 2. The van der Waals surface area contributed by atoms with E-state index in [1.807, 2.05) is 0 Å². The summed E-state index contributed by atoms with van der Waals surface area (Å²) in [6, 6.07) is 0.472. The molecule has 5 aliphatic rings. The van der Waals surface area contributed by atoms with E-state index >= 15 is 0 Å². The third-order valence-corrected chi connectivity index (χ3v) is 8.59. The number of amides is 1. The molecule has 0 aromatic rings. The first kappa shape index (κ1) is 23.0. The van der Waals surface area contributed by atoms with Gasteiger partial charge in [-0.25, -0.2) is 0 Å². The summed E-state index contributed by atoms with van der Waals surface area (Å²) in [6.07, 6.45) is 9.85. The Morgan fingerprint density at radius 3 is 2.69 bits per heavy atom. The first-order valence-corrected chi connectivity index (χ1v) is 13.1. The standard InChI is InChI=1S/C23H43N7O2/c24-21(31)17-6-11-29(12-7-17)20-13-18(5-9-26-20)22-27-23(32-28-22)19-4-2-10-30(19)15-16-3-1-8-25-14-16/h16-20,22-23,25-28H,1-15H2,(H2,24,31). The zero-order valence-electron chi connectivity index (χ0n) is 19.4. The largest absolute Gasteiger partial charge is 0.369 e. The van der Waals surface area contributed by atoms with Gasteiger partial charge in [-0.05, 0) is 89.4 Å². The Balaban J connectivity index is 1.11. The van der Waals surface area contributed by atoms with E-state index in [1.54, 1.807) is 0 Å². The summed E-state index contributed by atoms with van der Waals surface area (Å²) in [5, 5.41) is 11.1. The smallest absolute Gasteiger partial charge is 0.220 e. The van der Waals surface area contributed by atoms with Crippen molar-refractivity contribution in [1.29, 1.82) is 0 Å². The fourth-order valence-corrected chi connectivity index (χ4v) is 6.65. The SMILES string of the molecule is NC(=O)C1CCN(C2CC(C3NOC(C4CCCN4CC4CCCNC4)N3)CCN2)CC1. The van der Waals surface area contributed by atoms with Crippen LogP contribution in [-0.4, -0.2) is 86.1 Å². The lowest BCUT2D eigenvalue weighted by atomic mass is 9.90. The van der Waals surface area contributed by atoms with E-state index in [1.165, 1.54) is 45.3 Å². The first-order chi connectivity index (χ1) is 15.7. The highest BCUT2D eigenvalue weighted by atomic mass is 16.7. The number of carbonyl (C=O) groups is 1. The van der Waals surface area contributed by atoms with Gasteiger partial charge < -0.3 is 16.4 Å². The lowest BCUT2D eigenvalue weighted by Gasteiger charge is -2.42. The first-order valence-electron chi connectivity index (χ1n) is 13.1. The maximum atomic E-state index is 11.5. The van der Waals surface area contributed by atoms with Crippen molar-refractivity contribution in [3.8, 4) is 0 Å². The number of primary amides is 1. The summed E-state index contributed by atoms with van der Waals surface area (Å²) in [5.41, 5.74) is 8.88. The molecule has 0 bridgehead atoms. The Hall–Kier alpha value is -0.810. The molecule has 9 nitrogen and oxygen atoms in total. The second-order valence-electron chi connectivity index (χ2n) is 10.7. The minimum absolute atomic E-state index is 0.0525. The summed E-state index contributed by atoms with van der Waals surface area (Å²) >= 11 is 0. The monoisotopic (exact) mass is 449 g/mol. The third kappa shape index (κ3) is 5.29. The molecule has 5 saturated heterocycles. The Bertz CT molecular complexity index is 623. The molecule has 182 valence electrons. The number of carbonyl (C=O) groups excluding carboxylic acids is 1. The van der Waals surface area contributed by atoms with Crippen molar-refractivity contribution >= 4 is 5.91 Å². The molecular formula is C23H43N7O2. The van der Waals surface area contributed by atoms with Crippen LogP contribution in [0.1, 0.15) is 51.4 Å². The average molecular weight is 450 g/mol. The number of nitrogens with zero attached hydrogens (tertiary/aromatic N) is 2. The van der Waals surface area contributed by atoms with Gasteiger partial charge in [0.2, 0.25) is 5.91 Å². The van der Waals surface area contributed by atoms with E-state index in [2.05, 4.69) is 31.2 Å². The Morgan fingerprint density at radius 1 is 1.03 bits per heavy atom. The van der Waals surface area contributed by atoms with Gasteiger partial charge in [0, 0.05) is 25.6 Å². The van der Waals surface area contributed by atoms with E-state index in [4.69, 9.17) is 10.6 Å². The van der Waals surface area contributed by atoms with Crippen LogP contribution >= 0.6 is 0 Å². The molecule has 9 heteroatoms. The van der Waals surface area contributed by atoms with Gasteiger partial charge in [0.15, 0.2) is 0 Å². The van der Waals surface area contributed by atoms with E-state index in [9.17, 15) is 4.79 Å². The number of piperidine rings is 3. The van der Waals surface area contributed by atoms with Gasteiger partial charge in [-0.3, -0.25) is 24.7 Å². The maximum absolute atomic E-state index is 11.5. The van der Waals surface area contributed by atoms with Gasteiger partial charge in [0.05, 0.1) is 18.4 Å². The number of rotatable bonds is 6. The number of hydrogen-bond acceptors (Lipinski definition) is 8. The second-order valence-corrected chi connectivity index (χ2v) is 10.7. The van der Waals surface area contributed by atoms with Crippen molar-refractivity contribution in [2.24, 2.45) is 23.5 Å². The van der Waals surface area contributed by atoms with Crippen LogP contribution in [0.2, 0.25) is 0 Å². The molecule has 0 radical (unpaired) electrons. The molecule has 0 aromatic carbocycles. The van der Waals surface area contributed by atoms with E-state index in [0.717, 1.165) is 57.8 Å². The minimum Gasteiger partial charge on any atom is -0.369 e. The van der Waals surface area contributed by atoms with Gasteiger partial charge in [0.1, 0.15) is 6.23 Å². The van der Waals surface area contributed by atoms with Gasteiger partial charge in [-0.15, -0.1) is 0 Å². The molecule has 0 aliphatic carbocycles. The van der Waals surface area contributed by atoms with Gasteiger partial charge in [0.25, 0.3) is 0 Å². The molecule has 5 rings (SSSR count). The van der Waals surface area contributed by atoms with Crippen LogP contribution in [0.5, 0.6) is 0 Å². The molecule has 1 amide bonds. The molecule has 6 N–H and O–H groups in total. The Morgan fingerprint density at radius 2 is 1.91 bits per heavy atom. The lowest BCUT2D eigenvalue weighted by molar-refractivity contribution is -0.123. The zero-order chi connectivity index (χ0) is 21.9. The molecular weight excluding hydrogens is 406 g/mol. The van der Waals surface area contributed by atoms with Crippen LogP contribution in [-0.2, 0) is 9.63 Å². The zero-order valence-corrected chi connectivity index (χ0v) is 19.4. The normalized spacial score (nSPS) is 40.6. The van der Waals surface area contributed by atoms with Crippen molar-refractivity contribution in [2.45, 2.75) is 76.0 Å². The van der Waals surface area contributed by atoms with E-state index < -0.39 is 0 Å². The number of hydroxylamine groups is 1. The quantitative estimate of drug-likeness (QED) is 0.378. The van der Waals surface area contributed by atoms with Gasteiger partial charge in [-0.1, -0.05) is 0 Å². The molecule has 5 fully saturated rings. The fourth-order valence-electron chi connectivity index (χ4n) is 6.65. The van der Waals surface area contributed by atoms with Crippen molar-refractivity contribution in [3.63, 3.8) is 0 Å². The molecule has 5 aliphatic heterocycles. The van der Waals surface area contributed by atoms with Crippen molar-refractivity contribution in [1.82, 2.24) is 31.2 Å². The summed E-state index contributed by atoms with van der Waals surface area (Å²) in [4.78, 5) is 22.8. The van der Waals surface area contributed by atoms with Crippen LogP contribution in [0.25, 0.3) is 0 Å². The minimum atomic E-state index is -0.137. The van der Waals surface area contributed by atoms with Crippen LogP contribution in [0, 0.1) is 17.8 Å². The van der Waals surface area contributed by atoms with Crippen molar-refractivity contribution in [2.75, 3.05) is 45.8 Å². The predicted molar refractivity (Wildman–Crippen MR) is 123 cm³/mol. The molecule has 6 atom stereocenters. The van der Waals surface area contributed by atoms with Crippen LogP contribution < -0.4 is 27.2 Å². The summed E-state index contributed by atoms with van der Waals surface area (Å²) in [6.45, 7) is 7.67. The van der Waals surface area contributed by atoms with Gasteiger partial charge in [-0.2, -0.15) is 5.48 Å². The topological polar surface area (TPSA) is 107 Å². The highest BCUT2D eigenvalue weighted by molar-refractivity contribution is 5.76. The van der Waals surface area contributed by atoms with Crippen LogP contribution in [0.4, 0.5) is 0 Å². The van der Waals surface area contributed by atoms with E-state index in [0.29, 0.717) is 18.1 Å².